The SMILES string of the molecule is CCCNC(=O)c1ccnc(N2CCN(C(=O)c3ccco3)CC2)n1. The normalized spacial score (nSPS) is 14.4. The lowest BCUT2D eigenvalue weighted by molar-refractivity contribution is 0.0714. The average molecular weight is 343 g/mol. The Morgan fingerprint density at radius 2 is 2.04 bits per heavy atom. The Kier molecular flexibility index (Phi) is 5.27. The number of aromatic nitrogens is 2. The van der Waals surface area contributed by atoms with Gasteiger partial charge in [0, 0.05) is 38.9 Å². The number of piperazine rings is 1. The van der Waals surface area contributed by atoms with Gasteiger partial charge in [0.1, 0.15) is 5.69 Å². The molecule has 0 unspecified atom stereocenters. The monoisotopic (exact) mass is 343 g/mol. The summed E-state index contributed by atoms with van der Waals surface area (Å²) in [4.78, 5) is 36.6. The molecule has 0 aliphatic carbocycles. The molecule has 8 heteroatoms. The van der Waals surface area contributed by atoms with E-state index in [0.29, 0.717) is 50.1 Å². The lowest BCUT2D eigenvalue weighted by Crippen LogP contribution is -2.49. The average Bonchev–Trinajstić information content (AvgIpc) is 3.20. The van der Waals surface area contributed by atoms with Crippen LogP contribution < -0.4 is 10.2 Å². The number of hydrogen-bond acceptors (Lipinski definition) is 6. The fourth-order valence-electron chi connectivity index (χ4n) is 2.62. The van der Waals surface area contributed by atoms with Crippen molar-refractivity contribution in [3.05, 3.63) is 42.1 Å². The Balaban J connectivity index is 1.61. The molecule has 1 aliphatic heterocycles. The molecule has 2 aromatic heterocycles. The first-order valence-electron chi connectivity index (χ1n) is 8.38. The number of rotatable bonds is 5. The zero-order valence-electron chi connectivity index (χ0n) is 14.1. The zero-order valence-corrected chi connectivity index (χ0v) is 14.1. The van der Waals surface area contributed by atoms with Gasteiger partial charge in [-0.15, -0.1) is 0 Å². The summed E-state index contributed by atoms with van der Waals surface area (Å²) in [6, 6.07) is 4.97. The zero-order chi connectivity index (χ0) is 17.6. The van der Waals surface area contributed by atoms with Gasteiger partial charge in [-0.2, -0.15) is 0 Å². The molecule has 2 amide bonds. The predicted octanol–water partition coefficient (Wildman–Crippen LogP) is 1.17. The van der Waals surface area contributed by atoms with Crippen molar-refractivity contribution in [2.75, 3.05) is 37.6 Å². The van der Waals surface area contributed by atoms with Gasteiger partial charge in [0.25, 0.3) is 11.8 Å². The maximum atomic E-state index is 12.3. The van der Waals surface area contributed by atoms with Gasteiger partial charge in [-0.1, -0.05) is 6.92 Å². The lowest BCUT2D eigenvalue weighted by Gasteiger charge is -2.34. The summed E-state index contributed by atoms with van der Waals surface area (Å²) >= 11 is 0. The van der Waals surface area contributed by atoms with Crippen molar-refractivity contribution in [1.82, 2.24) is 20.2 Å². The predicted molar refractivity (Wildman–Crippen MR) is 91.5 cm³/mol. The molecule has 3 rings (SSSR count). The van der Waals surface area contributed by atoms with Crippen LogP contribution in [0.25, 0.3) is 0 Å². The third kappa shape index (κ3) is 3.96. The van der Waals surface area contributed by atoms with Crippen LogP contribution in [0.15, 0.2) is 35.1 Å². The second-order valence-corrected chi connectivity index (χ2v) is 5.75. The minimum absolute atomic E-state index is 0.113. The van der Waals surface area contributed by atoms with Crippen molar-refractivity contribution >= 4 is 17.8 Å². The van der Waals surface area contributed by atoms with Gasteiger partial charge in [-0.05, 0) is 24.6 Å². The van der Waals surface area contributed by atoms with Gasteiger partial charge in [-0.3, -0.25) is 9.59 Å². The second-order valence-electron chi connectivity index (χ2n) is 5.75. The smallest absolute Gasteiger partial charge is 0.289 e. The Hall–Kier alpha value is -2.90. The van der Waals surface area contributed by atoms with E-state index in [-0.39, 0.29) is 11.8 Å². The third-order valence-electron chi connectivity index (χ3n) is 3.99. The summed E-state index contributed by atoms with van der Waals surface area (Å²) in [7, 11) is 0. The van der Waals surface area contributed by atoms with Crippen LogP contribution in [0.1, 0.15) is 34.4 Å². The fourth-order valence-corrected chi connectivity index (χ4v) is 2.62. The van der Waals surface area contributed by atoms with Crippen molar-refractivity contribution in [3.63, 3.8) is 0 Å². The number of anilines is 1. The number of carbonyl (C=O) groups excluding carboxylic acids is 2. The van der Waals surface area contributed by atoms with Gasteiger partial charge in [0.05, 0.1) is 6.26 Å². The molecule has 2 aromatic rings. The molecule has 0 saturated carbocycles. The number of furan rings is 1. The molecule has 1 aliphatic rings. The first-order chi connectivity index (χ1) is 12.2. The van der Waals surface area contributed by atoms with Crippen molar-refractivity contribution in [2.45, 2.75) is 13.3 Å². The van der Waals surface area contributed by atoms with Crippen LogP contribution in [0.2, 0.25) is 0 Å². The van der Waals surface area contributed by atoms with Gasteiger partial charge >= 0.3 is 0 Å². The van der Waals surface area contributed by atoms with Crippen LogP contribution in [0.3, 0.4) is 0 Å². The minimum atomic E-state index is -0.197. The summed E-state index contributed by atoms with van der Waals surface area (Å²) in [6.07, 6.45) is 3.95. The molecule has 0 aromatic carbocycles. The number of hydrogen-bond donors (Lipinski definition) is 1. The first kappa shape index (κ1) is 16.9. The molecule has 0 bridgehead atoms. The lowest BCUT2D eigenvalue weighted by atomic mass is 10.3. The fraction of sp³-hybridized carbons (Fsp3) is 0.412. The Morgan fingerprint density at radius 1 is 1.24 bits per heavy atom. The maximum Gasteiger partial charge on any atom is 0.289 e. The van der Waals surface area contributed by atoms with Crippen LogP contribution in [-0.4, -0.2) is 59.4 Å². The van der Waals surface area contributed by atoms with E-state index in [4.69, 9.17) is 4.42 Å². The summed E-state index contributed by atoms with van der Waals surface area (Å²) in [5.41, 5.74) is 0.354. The van der Waals surface area contributed by atoms with E-state index < -0.39 is 0 Å². The van der Waals surface area contributed by atoms with Gasteiger partial charge in [0.2, 0.25) is 5.95 Å². The molecule has 0 atom stereocenters. The van der Waals surface area contributed by atoms with Gasteiger partial charge in [-0.25, -0.2) is 9.97 Å². The van der Waals surface area contributed by atoms with E-state index in [1.54, 1.807) is 29.3 Å². The Labute approximate surface area is 145 Å². The van der Waals surface area contributed by atoms with Crippen LogP contribution in [0, 0.1) is 0 Å². The van der Waals surface area contributed by atoms with Gasteiger partial charge in [0.15, 0.2) is 5.76 Å². The van der Waals surface area contributed by atoms with E-state index >= 15 is 0 Å². The highest BCUT2D eigenvalue weighted by atomic mass is 16.3. The van der Waals surface area contributed by atoms with Crippen LogP contribution in [-0.2, 0) is 0 Å². The maximum absolute atomic E-state index is 12.3. The highest BCUT2D eigenvalue weighted by Gasteiger charge is 2.25. The number of nitrogens with one attached hydrogen (secondary N) is 1. The quantitative estimate of drug-likeness (QED) is 0.876. The van der Waals surface area contributed by atoms with Crippen molar-refractivity contribution < 1.29 is 14.0 Å². The molecular formula is C17H21N5O3. The van der Waals surface area contributed by atoms with Crippen LogP contribution >= 0.6 is 0 Å². The molecule has 0 spiro atoms. The van der Waals surface area contributed by atoms with Crippen molar-refractivity contribution in [1.29, 1.82) is 0 Å². The highest BCUT2D eigenvalue weighted by Crippen LogP contribution is 2.14. The van der Waals surface area contributed by atoms with E-state index in [1.165, 1.54) is 6.26 Å². The molecule has 1 fully saturated rings. The molecule has 1 saturated heterocycles. The van der Waals surface area contributed by atoms with Crippen molar-refractivity contribution in [3.8, 4) is 0 Å². The Bertz CT molecular complexity index is 724. The molecule has 0 radical (unpaired) electrons. The Morgan fingerprint density at radius 3 is 2.72 bits per heavy atom. The second kappa shape index (κ2) is 7.78. The largest absolute Gasteiger partial charge is 0.459 e. The number of carbonyl (C=O) groups is 2. The molecular weight excluding hydrogens is 322 g/mol. The van der Waals surface area contributed by atoms with E-state index in [9.17, 15) is 9.59 Å². The van der Waals surface area contributed by atoms with Crippen molar-refractivity contribution in [2.24, 2.45) is 0 Å². The van der Waals surface area contributed by atoms with E-state index in [2.05, 4.69) is 15.3 Å². The molecule has 3 heterocycles. The molecule has 8 nitrogen and oxygen atoms in total. The summed E-state index contributed by atoms with van der Waals surface area (Å²) in [5, 5.41) is 2.81. The third-order valence-corrected chi connectivity index (χ3v) is 3.99. The molecule has 132 valence electrons. The van der Waals surface area contributed by atoms with Crippen LogP contribution in [0.5, 0.6) is 0 Å². The number of amides is 2. The molecule has 1 N–H and O–H groups in total. The van der Waals surface area contributed by atoms with E-state index in [1.807, 2.05) is 11.8 Å². The standard InChI is InChI=1S/C17H21N5O3/c1-2-6-18-15(23)13-5-7-19-17(20-13)22-10-8-21(9-11-22)16(24)14-4-3-12-25-14/h3-5,7,12H,2,6,8-11H2,1H3,(H,18,23). The highest BCUT2D eigenvalue weighted by molar-refractivity contribution is 5.92. The summed E-state index contributed by atoms with van der Waals surface area (Å²) < 4.78 is 5.16. The topological polar surface area (TPSA) is 91.6 Å². The van der Waals surface area contributed by atoms with Gasteiger partial charge < -0.3 is 19.5 Å². The summed E-state index contributed by atoms with van der Waals surface area (Å²) in [6.45, 7) is 4.92. The van der Waals surface area contributed by atoms with E-state index in [0.717, 1.165) is 6.42 Å². The first-order valence-corrected chi connectivity index (χ1v) is 8.38. The minimum Gasteiger partial charge on any atom is -0.459 e. The summed E-state index contributed by atoms with van der Waals surface area (Å²) in [5.74, 6) is 0.545. The van der Waals surface area contributed by atoms with Crippen LogP contribution in [0.4, 0.5) is 5.95 Å². The molecule has 25 heavy (non-hydrogen) atoms. The number of nitrogens with zero attached hydrogens (tertiary/aromatic N) is 4.